The molecule has 0 amide bonds. The molecule has 4 heteroatoms. The zero-order chi connectivity index (χ0) is 8.81. The van der Waals surface area contributed by atoms with Crippen molar-refractivity contribution in [1.82, 2.24) is 15.4 Å². The smallest absolute Gasteiger partial charge is 0.146 e. The number of nitrogens with zero attached hydrogens (tertiary/aromatic N) is 2. The van der Waals surface area contributed by atoms with Gasteiger partial charge in [0.15, 0.2) is 0 Å². The normalized spacial score (nSPS) is 12.8. The topological polar surface area (TPSA) is 63.8 Å². The van der Waals surface area contributed by atoms with Crippen LogP contribution in [-0.2, 0) is 0 Å². The molecule has 1 unspecified atom stereocenters. The van der Waals surface area contributed by atoms with Crippen molar-refractivity contribution in [3.05, 3.63) is 24.3 Å². The predicted molar refractivity (Wildman–Crippen MR) is 47.0 cm³/mol. The van der Waals surface area contributed by atoms with Gasteiger partial charge in [0.05, 0.1) is 6.04 Å². The molecule has 0 aliphatic heterocycles. The molecule has 4 nitrogen and oxygen atoms in total. The van der Waals surface area contributed by atoms with Crippen LogP contribution in [0.15, 0.2) is 18.5 Å². The van der Waals surface area contributed by atoms with Crippen LogP contribution < -0.4 is 11.3 Å². The van der Waals surface area contributed by atoms with Gasteiger partial charge in [0.2, 0.25) is 0 Å². The van der Waals surface area contributed by atoms with Crippen LogP contribution in [0, 0.1) is 0 Å². The van der Waals surface area contributed by atoms with Crippen molar-refractivity contribution in [2.45, 2.75) is 25.8 Å². The third kappa shape index (κ3) is 2.25. The summed E-state index contributed by atoms with van der Waals surface area (Å²) in [7, 11) is 0. The van der Waals surface area contributed by atoms with Crippen molar-refractivity contribution in [3.63, 3.8) is 0 Å². The maximum atomic E-state index is 5.36. The molecule has 12 heavy (non-hydrogen) atoms. The largest absolute Gasteiger partial charge is 0.271 e. The summed E-state index contributed by atoms with van der Waals surface area (Å²) in [6, 6.07) is 1.87. The van der Waals surface area contributed by atoms with Gasteiger partial charge in [-0.2, -0.15) is 0 Å². The van der Waals surface area contributed by atoms with Crippen molar-refractivity contribution in [1.29, 1.82) is 0 Å². The van der Waals surface area contributed by atoms with Crippen LogP contribution in [0.3, 0.4) is 0 Å². The van der Waals surface area contributed by atoms with E-state index in [9.17, 15) is 0 Å². The van der Waals surface area contributed by atoms with E-state index in [4.69, 9.17) is 5.84 Å². The molecule has 1 atom stereocenters. The quantitative estimate of drug-likeness (QED) is 0.512. The molecule has 3 N–H and O–H groups in total. The van der Waals surface area contributed by atoms with E-state index in [0.717, 1.165) is 18.7 Å². The molecule has 0 aliphatic carbocycles. The Kier molecular flexibility index (Phi) is 3.63. The van der Waals surface area contributed by atoms with Gasteiger partial charge in [-0.15, -0.1) is 0 Å². The van der Waals surface area contributed by atoms with Gasteiger partial charge in [0.25, 0.3) is 0 Å². The van der Waals surface area contributed by atoms with Gasteiger partial charge < -0.3 is 0 Å². The third-order valence-corrected chi connectivity index (χ3v) is 1.68. The Labute approximate surface area is 72.2 Å². The number of rotatable bonds is 4. The molecule has 0 saturated heterocycles. The number of nitrogens with one attached hydrogen (secondary N) is 1. The van der Waals surface area contributed by atoms with Crippen molar-refractivity contribution in [2.75, 3.05) is 0 Å². The Hall–Kier alpha value is -1.00. The molecule has 0 fully saturated rings. The van der Waals surface area contributed by atoms with E-state index < -0.39 is 0 Å². The summed E-state index contributed by atoms with van der Waals surface area (Å²) in [5.74, 6) is 6.13. The summed E-state index contributed by atoms with van der Waals surface area (Å²) in [6.07, 6.45) is 5.47. The minimum atomic E-state index is 0.0798. The highest BCUT2D eigenvalue weighted by Gasteiger charge is 2.09. The standard InChI is InChI=1S/C8H14N4/c1-2-4-7(12-9)8-10-5-3-6-11-8/h3,5-7,12H,2,4,9H2,1H3. The van der Waals surface area contributed by atoms with Gasteiger partial charge >= 0.3 is 0 Å². The summed E-state index contributed by atoms with van der Waals surface area (Å²) in [5.41, 5.74) is 2.69. The van der Waals surface area contributed by atoms with E-state index in [0.29, 0.717) is 0 Å². The molecule has 0 radical (unpaired) electrons. The first-order chi connectivity index (χ1) is 5.88. The second-order valence-corrected chi connectivity index (χ2v) is 2.61. The summed E-state index contributed by atoms with van der Waals surface area (Å²) in [4.78, 5) is 8.23. The minimum Gasteiger partial charge on any atom is -0.271 e. The molecule has 1 heterocycles. The van der Waals surface area contributed by atoms with Gasteiger partial charge in [-0.25, -0.2) is 15.4 Å². The maximum absolute atomic E-state index is 5.36. The number of hydrogen-bond acceptors (Lipinski definition) is 4. The lowest BCUT2D eigenvalue weighted by Crippen LogP contribution is -2.29. The average molecular weight is 166 g/mol. The van der Waals surface area contributed by atoms with Crippen molar-refractivity contribution < 1.29 is 0 Å². The van der Waals surface area contributed by atoms with Gasteiger partial charge in [0, 0.05) is 12.4 Å². The van der Waals surface area contributed by atoms with E-state index in [1.807, 2.05) is 0 Å². The first-order valence-corrected chi connectivity index (χ1v) is 4.11. The van der Waals surface area contributed by atoms with E-state index in [2.05, 4.69) is 22.3 Å². The predicted octanol–water partition coefficient (Wildman–Crippen LogP) is 0.781. The zero-order valence-corrected chi connectivity index (χ0v) is 7.20. The lowest BCUT2D eigenvalue weighted by molar-refractivity contribution is 0.485. The summed E-state index contributed by atoms with van der Waals surface area (Å²) in [5, 5.41) is 0. The first kappa shape index (κ1) is 9.09. The Bertz CT molecular complexity index is 212. The first-order valence-electron chi connectivity index (χ1n) is 4.11. The number of hydrogen-bond donors (Lipinski definition) is 2. The summed E-state index contributed by atoms with van der Waals surface area (Å²) in [6.45, 7) is 2.10. The van der Waals surface area contributed by atoms with Crippen LogP contribution in [-0.4, -0.2) is 9.97 Å². The molecule has 66 valence electrons. The zero-order valence-electron chi connectivity index (χ0n) is 7.20. The van der Waals surface area contributed by atoms with E-state index in [1.165, 1.54) is 0 Å². The molecular formula is C8H14N4. The maximum Gasteiger partial charge on any atom is 0.146 e. The molecule has 1 aromatic heterocycles. The van der Waals surface area contributed by atoms with Crippen LogP contribution in [0.1, 0.15) is 31.6 Å². The van der Waals surface area contributed by atoms with Crippen LogP contribution >= 0.6 is 0 Å². The summed E-state index contributed by atoms with van der Waals surface area (Å²) < 4.78 is 0. The second-order valence-electron chi connectivity index (χ2n) is 2.61. The highest BCUT2D eigenvalue weighted by molar-refractivity contribution is 4.94. The molecule has 1 rings (SSSR count). The van der Waals surface area contributed by atoms with Crippen LogP contribution in [0.5, 0.6) is 0 Å². The van der Waals surface area contributed by atoms with Gasteiger partial charge in [-0.05, 0) is 12.5 Å². The van der Waals surface area contributed by atoms with Gasteiger partial charge in [0.1, 0.15) is 5.82 Å². The Balaban J connectivity index is 2.66. The molecule has 1 aromatic rings. The fourth-order valence-corrected chi connectivity index (χ4v) is 1.07. The Morgan fingerprint density at radius 1 is 1.50 bits per heavy atom. The van der Waals surface area contributed by atoms with Gasteiger partial charge in [-0.1, -0.05) is 13.3 Å². The lowest BCUT2D eigenvalue weighted by Gasteiger charge is -2.11. The van der Waals surface area contributed by atoms with Crippen molar-refractivity contribution >= 4 is 0 Å². The average Bonchev–Trinajstić information content (AvgIpc) is 2.15. The Morgan fingerprint density at radius 3 is 2.67 bits per heavy atom. The lowest BCUT2D eigenvalue weighted by atomic mass is 10.1. The van der Waals surface area contributed by atoms with Crippen molar-refractivity contribution in [2.24, 2.45) is 5.84 Å². The van der Waals surface area contributed by atoms with Gasteiger partial charge in [-0.3, -0.25) is 5.84 Å². The number of hydrazine groups is 1. The molecule has 0 aliphatic rings. The third-order valence-electron chi connectivity index (χ3n) is 1.68. The van der Waals surface area contributed by atoms with Crippen LogP contribution in [0.25, 0.3) is 0 Å². The highest BCUT2D eigenvalue weighted by atomic mass is 15.2. The molecule has 0 saturated carbocycles. The highest BCUT2D eigenvalue weighted by Crippen LogP contribution is 2.11. The molecular weight excluding hydrogens is 152 g/mol. The van der Waals surface area contributed by atoms with Crippen LogP contribution in [0.2, 0.25) is 0 Å². The fourth-order valence-electron chi connectivity index (χ4n) is 1.07. The number of aromatic nitrogens is 2. The second kappa shape index (κ2) is 4.79. The molecule has 0 spiro atoms. The van der Waals surface area contributed by atoms with Crippen LogP contribution in [0.4, 0.5) is 0 Å². The minimum absolute atomic E-state index is 0.0798. The van der Waals surface area contributed by atoms with Crippen molar-refractivity contribution in [3.8, 4) is 0 Å². The number of nitrogens with two attached hydrogens (primary N) is 1. The van der Waals surface area contributed by atoms with E-state index in [1.54, 1.807) is 18.5 Å². The molecule has 0 aromatic carbocycles. The van der Waals surface area contributed by atoms with E-state index in [-0.39, 0.29) is 6.04 Å². The van der Waals surface area contributed by atoms with E-state index >= 15 is 0 Å². The Morgan fingerprint density at radius 2 is 2.17 bits per heavy atom. The summed E-state index contributed by atoms with van der Waals surface area (Å²) >= 11 is 0. The monoisotopic (exact) mass is 166 g/mol. The fraction of sp³-hybridized carbons (Fsp3) is 0.500. The molecule has 0 bridgehead atoms. The SMILES string of the molecule is CCCC(NN)c1ncccn1.